The number of benzene rings is 3. The highest BCUT2D eigenvalue weighted by molar-refractivity contribution is 6.32. The van der Waals surface area contributed by atoms with Gasteiger partial charge in [-0.25, -0.2) is 8.78 Å². The fourth-order valence-corrected chi connectivity index (χ4v) is 2.61. The van der Waals surface area contributed by atoms with Crippen molar-refractivity contribution < 1.29 is 18.3 Å². The topological polar surface area (TPSA) is 64.4 Å². The Balaban J connectivity index is 1.78. The number of amides is 1. The Morgan fingerprint density at radius 1 is 1.00 bits per heavy atom. The van der Waals surface area contributed by atoms with Crippen LogP contribution in [0, 0.1) is 11.6 Å². The molecule has 0 bridgehead atoms. The number of halogens is 4. The lowest BCUT2D eigenvalue weighted by atomic mass is 10.1. The minimum atomic E-state index is -1.01. The molecule has 0 saturated carbocycles. The van der Waals surface area contributed by atoms with Gasteiger partial charge >= 0.3 is 0 Å². The lowest BCUT2D eigenvalue weighted by Gasteiger charge is -2.11. The quantitative estimate of drug-likeness (QED) is 0.528. The molecule has 3 rings (SSSR count). The summed E-state index contributed by atoms with van der Waals surface area (Å²) in [6.07, 6.45) is 0. The van der Waals surface area contributed by atoms with E-state index in [0.29, 0.717) is 28.3 Å². The van der Waals surface area contributed by atoms with Crippen LogP contribution in [0.4, 0.5) is 20.2 Å². The van der Waals surface area contributed by atoms with E-state index in [4.69, 9.17) is 33.7 Å². The molecule has 0 atom stereocenters. The van der Waals surface area contributed by atoms with Gasteiger partial charge < -0.3 is 15.8 Å². The number of nitrogen functional groups attached to an aromatic ring is 1. The van der Waals surface area contributed by atoms with Crippen molar-refractivity contribution in [1.29, 1.82) is 0 Å². The lowest BCUT2D eigenvalue weighted by molar-refractivity contribution is 0.102. The van der Waals surface area contributed by atoms with Gasteiger partial charge in [0.25, 0.3) is 5.91 Å². The van der Waals surface area contributed by atoms with Gasteiger partial charge in [0.05, 0.1) is 16.3 Å². The van der Waals surface area contributed by atoms with Gasteiger partial charge in [-0.3, -0.25) is 4.79 Å². The molecule has 27 heavy (non-hydrogen) atoms. The zero-order chi connectivity index (χ0) is 19.6. The molecule has 0 spiro atoms. The first-order chi connectivity index (χ1) is 12.8. The van der Waals surface area contributed by atoms with Crippen LogP contribution in [0.3, 0.4) is 0 Å². The fraction of sp³-hybridized carbons (Fsp3) is 0. The van der Waals surface area contributed by atoms with Crippen LogP contribution in [-0.4, -0.2) is 5.91 Å². The van der Waals surface area contributed by atoms with E-state index in [9.17, 15) is 13.6 Å². The first kappa shape index (κ1) is 18.9. The number of anilines is 2. The molecule has 1 amide bonds. The molecule has 3 N–H and O–H groups in total. The molecule has 0 radical (unpaired) electrons. The van der Waals surface area contributed by atoms with Crippen LogP contribution in [0.15, 0.2) is 54.6 Å². The Kier molecular flexibility index (Phi) is 5.48. The molecule has 0 aliphatic heterocycles. The van der Waals surface area contributed by atoms with E-state index in [2.05, 4.69) is 5.32 Å². The molecule has 0 unspecified atom stereocenters. The number of carbonyl (C=O) groups is 1. The second-order valence-corrected chi connectivity index (χ2v) is 6.35. The molecule has 0 aliphatic carbocycles. The number of ether oxygens (including phenoxy) is 1. The molecule has 0 aromatic heterocycles. The van der Waals surface area contributed by atoms with Crippen LogP contribution >= 0.6 is 23.2 Å². The monoisotopic (exact) mass is 408 g/mol. The molecule has 0 fully saturated rings. The van der Waals surface area contributed by atoms with E-state index in [1.165, 1.54) is 12.1 Å². The predicted molar refractivity (Wildman–Crippen MR) is 102 cm³/mol. The first-order valence-electron chi connectivity index (χ1n) is 7.62. The number of carbonyl (C=O) groups excluding carboxylic acids is 1. The van der Waals surface area contributed by atoms with E-state index < -0.39 is 23.2 Å². The summed E-state index contributed by atoms with van der Waals surface area (Å²) in [5.74, 6) is -1.80. The van der Waals surface area contributed by atoms with Crippen molar-refractivity contribution in [2.24, 2.45) is 0 Å². The Hall–Kier alpha value is -2.83. The number of hydrogen-bond acceptors (Lipinski definition) is 3. The van der Waals surface area contributed by atoms with Crippen LogP contribution in [0.5, 0.6) is 11.5 Å². The SMILES string of the molecule is Nc1c(F)cc(F)cc1C(=O)Nc1ccc(Oc2ccc(Cl)cc2)c(Cl)c1. The van der Waals surface area contributed by atoms with Gasteiger partial charge in [-0.2, -0.15) is 0 Å². The highest BCUT2D eigenvalue weighted by atomic mass is 35.5. The molecule has 138 valence electrons. The maximum Gasteiger partial charge on any atom is 0.257 e. The summed E-state index contributed by atoms with van der Waals surface area (Å²) in [6, 6.07) is 12.7. The second kappa shape index (κ2) is 7.82. The molecule has 8 heteroatoms. The van der Waals surface area contributed by atoms with Crippen molar-refractivity contribution in [2.75, 3.05) is 11.1 Å². The third kappa shape index (κ3) is 4.48. The Labute approximate surface area is 163 Å². The normalized spacial score (nSPS) is 10.5. The average Bonchev–Trinajstić information content (AvgIpc) is 2.62. The smallest absolute Gasteiger partial charge is 0.257 e. The number of hydrogen-bond donors (Lipinski definition) is 2. The van der Waals surface area contributed by atoms with Gasteiger partial charge in [-0.15, -0.1) is 0 Å². The average molecular weight is 409 g/mol. The zero-order valence-electron chi connectivity index (χ0n) is 13.6. The van der Waals surface area contributed by atoms with Gasteiger partial charge in [-0.05, 0) is 48.5 Å². The van der Waals surface area contributed by atoms with Gasteiger partial charge in [0.15, 0.2) is 0 Å². The van der Waals surface area contributed by atoms with Gasteiger partial charge in [0.2, 0.25) is 0 Å². The van der Waals surface area contributed by atoms with Crippen molar-refractivity contribution in [3.8, 4) is 11.5 Å². The summed E-state index contributed by atoms with van der Waals surface area (Å²) in [5, 5.41) is 3.28. The third-order valence-electron chi connectivity index (χ3n) is 3.57. The zero-order valence-corrected chi connectivity index (χ0v) is 15.1. The van der Waals surface area contributed by atoms with E-state index in [-0.39, 0.29) is 10.6 Å². The van der Waals surface area contributed by atoms with E-state index in [1.807, 2.05) is 0 Å². The summed E-state index contributed by atoms with van der Waals surface area (Å²) >= 11 is 12.0. The minimum Gasteiger partial charge on any atom is -0.456 e. The second-order valence-electron chi connectivity index (χ2n) is 5.50. The summed E-state index contributed by atoms with van der Waals surface area (Å²) in [7, 11) is 0. The molecule has 4 nitrogen and oxygen atoms in total. The molecular weight excluding hydrogens is 397 g/mol. The highest BCUT2D eigenvalue weighted by Gasteiger charge is 2.16. The minimum absolute atomic E-state index is 0.223. The molecule has 3 aromatic rings. The molecule has 0 heterocycles. The maximum absolute atomic E-state index is 13.5. The van der Waals surface area contributed by atoms with E-state index in [1.54, 1.807) is 30.3 Å². The van der Waals surface area contributed by atoms with Gasteiger partial charge in [0.1, 0.15) is 23.1 Å². The molecule has 0 saturated heterocycles. The number of nitrogens with two attached hydrogens (primary N) is 1. The lowest BCUT2D eigenvalue weighted by Crippen LogP contribution is -2.15. The van der Waals surface area contributed by atoms with Crippen molar-refractivity contribution >= 4 is 40.5 Å². The molecular formula is C19H12Cl2F2N2O2. The van der Waals surface area contributed by atoms with Crippen molar-refractivity contribution in [3.05, 3.63) is 81.8 Å². The van der Waals surface area contributed by atoms with Crippen LogP contribution in [0.2, 0.25) is 10.0 Å². The molecule has 3 aromatic carbocycles. The van der Waals surface area contributed by atoms with Crippen LogP contribution < -0.4 is 15.8 Å². The maximum atomic E-state index is 13.5. The summed E-state index contributed by atoms with van der Waals surface area (Å²) in [6.45, 7) is 0. The summed E-state index contributed by atoms with van der Waals surface area (Å²) in [4.78, 5) is 12.2. The summed E-state index contributed by atoms with van der Waals surface area (Å²) < 4.78 is 32.5. The van der Waals surface area contributed by atoms with Gasteiger partial charge in [0, 0.05) is 16.8 Å². The fourth-order valence-electron chi connectivity index (χ4n) is 2.26. The van der Waals surface area contributed by atoms with E-state index >= 15 is 0 Å². The van der Waals surface area contributed by atoms with Crippen molar-refractivity contribution in [1.82, 2.24) is 0 Å². The largest absolute Gasteiger partial charge is 0.456 e. The van der Waals surface area contributed by atoms with Gasteiger partial charge in [-0.1, -0.05) is 23.2 Å². The number of rotatable bonds is 4. The van der Waals surface area contributed by atoms with E-state index in [0.717, 1.165) is 6.07 Å². The van der Waals surface area contributed by atoms with Crippen molar-refractivity contribution in [3.63, 3.8) is 0 Å². The van der Waals surface area contributed by atoms with Crippen molar-refractivity contribution in [2.45, 2.75) is 0 Å². The summed E-state index contributed by atoms with van der Waals surface area (Å²) in [5.41, 5.74) is 5.05. The standard InChI is InChI=1S/C19H12Cl2F2N2O2/c20-10-1-4-13(5-2-10)27-17-6-3-12(9-15(17)21)25-19(26)14-7-11(22)8-16(23)18(14)24/h1-9H,24H2,(H,25,26). The predicted octanol–water partition coefficient (Wildman–Crippen LogP) is 5.90. The number of nitrogens with one attached hydrogen (secondary N) is 1. The molecule has 0 aliphatic rings. The Bertz CT molecular complexity index is 1010. The first-order valence-corrected chi connectivity index (χ1v) is 8.38. The Morgan fingerprint density at radius 2 is 1.70 bits per heavy atom. The third-order valence-corrected chi connectivity index (χ3v) is 4.12. The highest BCUT2D eigenvalue weighted by Crippen LogP contribution is 2.32. The van der Waals surface area contributed by atoms with Crippen LogP contribution in [0.25, 0.3) is 0 Å². The van der Waals surface area contributed by atoms with Crippen LogP contribution in [-0.2, 0) is 0 Å². The Morgan fingerprint density at radius 3 is 2.37 bits per heavy atom. The van der Waals surface area contributed by atoms with Crippen LogP contribution in [0.1, 0.15) is 10.4 Å².